The second-order valence-electron chi connectivity index (χ2n) is 4.85. The molecule has 0 amide bonds. The van der Waals surface area contributed by atoms with Crippen LogP contribution < -0.4 is 0 Å². The Morgan fingerprint density at radius 2 is 2.06 bits per heavy atom. The fourth-order valence-electron chi connectivity index (χ4n) is 2.46. The summed E-state index contributed by atoms with van der Waals surface area (Å²) in [5, 5.41) is 1.32. The Morgan fingerprint density at radius 1 is 1.38 bits per heavy atom. The molecule has 2 rings (SSSR count). The zero-order valence-electron chi connectivity index (χ0n) is 10.1. The van der Waals surface area contributed by atoms with Crippen LogP contribution in [-0.4, -0.2) is 9.81 Å². The van der Waals surface area contributed by atoms with Gasteiger partial charge in [-0.1, -0.05) is 28.8 Å². The fourth-order valence-corrected chi connectivity index (χ4v) is 4.17. The van der Waals surface area contributed by atoms with Crippen LogP contribution in [0.2, 0.25) is 0 Å². The summed E-state index contributed by atoms with van der Waals surface area (Å²) < 4.78 is 0. The van der Waals surface area contributed by atoms with Crippen LogP contribution in [0.3, 0.4) is 0 Å². The van der Waals surface area contributed by atoms with Crippen molar-refractivity contribution in [1.82, 2.24) is 4.98 Å². The Morgan fingerprint density at radius 3 is 2.62 bits per heavy atom. The molecule has 0 radical (unpaired) electrons. The van der Waals surface area contributed by atoms with Crippen LogP contribution in [0, 0.1) is 19.8 Å². The monoisotopic (exact) mass is 301 g/mol. The minimum atomic E-state index is 0.708. The van der Waals surface area contributed by atoms with E-state index < -0.39 is 0 Å². The number of halogens is 1. The standard InChI is InChI=1S/C13H20BrNS/c1-9-10(2)16-13(15-9)8-7-12(14)11-5-3-4-6-11/h11-12H,3-8H2,1-2H3. The first-order valence-corrected chi connectivity index (χ1v) is 7.97. The number of hydrogen-bond donors (Lipinski definition) is 0. The average molecular weight is 302 g/mol. The number of hydrogen-bond acceptors (Lipinski definition) is 2. The molecule has 16 heavy (non-hydrogen) atoms. The summed E-state index contributed by atoms with van der Waals surface area (Å²) in [7, 11) is 0. The molecule has 0 N–H and O–H groups in total. The van der Waals surface area contributed by atoms with Crippen molar-refractivity contribution in [2.45, 2.75) is 57.2 Å². The maximum absolute atomic E-state index is 4.61. The first-order valence-electron chi connectivity index (χ1n) is 6.24. The third-order valence-corrected chi connectivity index (χ3v) is 5.96. The zero-order chi connectivity index (χ0) is 11.5. The predicted molar refractivity (Wildman–Crippen MR) is 74.6 cm³/mol. The Kier molecular flexibility index (Phi) is 4.42. The third-order valence-electron chi connectivity index (χ3n) is 3.62. The second-order valence-corrected chi connectivity index (χ2v) is 7.31. The van der Waals surface area contributed by atoms with Gasteiger partial charge >= 0.3 is 0 Å². The molecule has 3 heteroatoms. The highest BCUT2D eigenvalue weighted by Crippen LogP contribution is 2.33. The summed E-state index contributed by atoms with van der Waals surface area (Å²) in [6, 6.07) is 0. The Balaban J connectivity index is 1.82. The molecule has 1 fully saturated rings. The van der Waals surface area contributed by atoms with Crippen molar-refractivity contribution in [3.63, 3.8) is 0 Å². The molecule has 0 aliphatic heterocycles. The molecule has 1 aromatic heterocycles. The van der Waals surface area contributed by atoms with Crippen LogP contribution >= 0.6 is 27.3 Å². The van der Waals surface area contributed by atoms with Gasteiger partial charge in [-0.3, -0.25) is 0 Å². The minimum absolute atomic E-state index is 0.708. The summed E-state index contributed by atoms with van der Waals surface area (Å²) >= 11 is 5.73. The molecule has 1 aliphatic carbocycles. The molecule has 1 aliphatic rings. The molecular weight excluding hydrogens is 282 g/mol. The van der Waals surface area contributed by atoms with Crippen molar-refractivity contribution in [3.05, 3.63) is 15.6 Å². The van der Waals surface area contributed by atoms with Gasteiger partial charge in [0, 0.05) is 16.1 Å². The number of rotatable bonds is 4. The molecule has 1 saturated carbocycles. The van der Waals surface area contributed by atoms with Crippen LogP contribution in [-0.2, 0) is 6.42 Å². The van der Waals surface area contributed by atoms with Crippen molar-refractivity contribution in [3.8, 4) is 0 Å². The lowest BCUT2D eigenvalue weighted by molar-refractivity contribution is 0.505. The lowest BCUT2D eigenvalue weighted by Crippen LogP contribution is -2.11. The number of thiazole rings is 1. The van der Waals surface area contributed by atoms with Gasteiger partial charge in [0.25, 0.3) is 0 Å². The van der Waals surface area contributed by atoms with Gasteiger partial charge in [-0.05, 0) is 39.0 Å². The van der Waals surface area contributed by atoms with Crippen LogP contribution in [0.1, 0.15) is 47.7 Å². The largest absolute Gasteiger partial charge is 0.246 e. The number of nitrogens with zero attached hydrogens (tertiary/aromatic N) is 1. The fraction of sp³-hybridized carbons (Fsp3) is 0.769. The van der Waals surface area contributed by atoms with Gasteiger partial charge in [-0.2, -0.15) is 0 Å². The first kappa shape index (κ1) is 12.6. The quantitative estimate of drug-likeness (QED) is 0.738. The molecule has 1 unspecified atom stereocenters. The van der Waals surface area contributed by atoms with Crippen molar-refractivity contribution in [2.75, 3.05) is 0 Å². The Bertz CT molecular complexity index is 322. The second kappa shape index (κ2) is 5.63. The third kappa shape index (κ3) is 3.07. The number of aromatic nitrogens is 1. The van der Waals surface area contributed by atoms with Gasteiger partial charge in [-0.15, -0.1) is 11.3 Å². The topological polar surface area (TPSA) is 12.9 Å². The van der Waals surface area contributed by atoms with Crippen LogP contribution in [0.4, 0.5) is 0 Å². The summed E-state index contributed by atoms with van der Waals surface area (Å²) in [6.07, 6.45) is 8.10. The van der Waals surface area contributed by atoms with Crippen molar-refractivity contribution in [2.24, 2.45) is 5.92 Å². The maximum Gasteiger partial charge on any atom is 0.0931 e. The molecule has 1 aromatic rings. The van der Waals surface area contributed by atoms with Crippen molar-refractivity contribution in [1.29, 1.82) is 0 Å². The van der Waals surface area contributed by atoms with E-state index in [1.165, 1.54) is 47.7 Å². The average Bonchev–Trinajstić information content (AvgIpc) is 2.86. The number of alkyl halides is 1. The molecule has 1 heterocycles. The van der Waals surface area contributed by atoms with Gasteiger partial charge < -0.3 is 0 Å². The molecule has 1 atom stereocenters. The molecule has 0 saturated heterocycles. The van der Waals surface area contributed by atoms with E-state index in [4.69, 9.17) is 0 Å². The van der Waals surface area contributed by atoms with Crippen LogP contribution in [0.5, 0.6) is 0 Å². The smallest absolute Gasteiger partial charge is 0.0931 e. The van der Waals surface area contributed by atoms with E-state index in [9.17, 15) is 0 Å². The predicted octanol–water partition coefficient (Wildman–Crippen LogP) is 4.65. The van der Waals surface area contributed by atoms with E-state index in [1.54, 1.807) is 0 Å². The van der Waals surface area contributed by atoms with Gasteiger partial charge in [0.15, 0.2) is 0 Å². The highest BCUT2D eigenvalue weighted by Gasteiger charge is 2.22. The molecule has 90 valence electrons. The summed E-state index contributed by atoms with van der Waals surface area (Å²) in [4.78, 5) is 6.69. The van der Waals surface area contributed by atoms with Gasteiger partial charge in [0.1, 0.15) is 0 Å². The molecule has 0 spiro atoms. The Hall–Kier alpha value is 0.110. The summed E-state index contributed by atoms with van der Waals surface area (Å²) in [5.74, 6) is 0.919. The van der Waals surface area contributed by atoms with E-state index in [1.807, 2.05) is 11.3 Å². The van der Waals surface area contributed by atoms with E-state index >= 15 is 0 Å². The Labute approximate surface area is 111 Å². The lowest BCUT2D eigenvalue weighted by Gasteiger charge is -2.15. The minimum Gasteiger partial charge on any atom is -0.246 e. The number of aryl methyl sites for hydroxylation is 3. The van der Waals surface area contributed by atoms with E-state index in [0.29, 0.717) is 4.83 Å². The van der Waals surface area contributed by atoms with Gasteiger partial charge in [0.2, 0.25) is 0 Å². The van der Waals surface area contributed by atoms with Crippen molar-refractivity contribution < 1.29 is 0 Å². The van der Waals surface area contributed by atoms with E-state index in [0.717, 1.165) is 12.3 Å². The van der Waals surface area contributed by atoms with Crippen molar-refractivity contribution >= 4 is 27.3 Å². The van der Waals surface area contributed by atoms with E-state index in [2.05, 4.69) is 34.8 Å². The van der Waals surface area contributed by atoms with Crippen LogP contribution in [0.25, 0.3) is 0 Å². The lowest BCUT2D eigenvalue weighted by atomic mass is 10.0. The zero-order valence-corrected chi connectivity index (χ0v) is 12.5. The van der Waals surface area contributed by atoms with E-state index in [-0.39, 0.29) is 0 Å². The molecule has 0 aromatic carbocycles. The summed E-state index contributed by atoms with van der Waals surface area (Å²) in [6.45, 7) is 4.27. The van der Waals surface area contributed by atoms with Gasteiger partial charge in [-0.25, -0.2) is 4.98 Å². The summed E-state index contributed by atoms with van der Waals surface area (Å²) in [5.41, 5.74) is 1.21. The normalized spacial score (nSPS) is 19.2. The van der Waals surface area contributed by atoms with Gasteiger partial charge in [0.05, 0.1) is 10.7 Å². The highest BCUT2D eigenvalue weighted by molar-refractivity contribution is 9.09. The molecule has 0 bridgehead atoms. The molecular formula is C13H20BrNS. The SMILES string of the molecule is Cc1nc(CCC(Br)C2CCCC2)sc1C. The van der Waals surface area contributed by atoms with Crippen LogP contribution in [0.15, 0.2) is 0 Å². The maximum atomic E-state index is 4.61. The highest BCUT2D eigenvalue weighted by atomic mass is 79.9. The molecule has 1 nitrogen and oxygen atoms in total. The first-order chi connectivity index (χ1) is 7.66.